The molecule has 0 radical (unpaired) electrons. The quantitative estimate of drug-likeness (QED) is 0.826. The van der Waals surface area contributed by atoms with E-state index in [1.54, 1.807) is 0 Å². The van der Waals surface area contributed by atoms with Crippen LogP contribution in [0.3, 0.4) is 0 Å². The van der Waals surface area contributed by atoms with Crippen LogP contribution >= 0.6 is 0 Å². The highest BCUT2D eigenvalue weighted by atomic mass is 15.2. The van der Waals surface area contributed by atoms with Crippen molar-refractivity contribution >= 4 is 11.6 Å². The molecule has 0 aromatic carbocycles. The molecule has 0 fully saturated rings. The van der Waals surface area contributed by atoms with Crippen molar-refractivity contribution in [3.05, 3.63) is 11.4 Å². The van der Waals surface area contributed by atoms with Crippen LogP contribution in [0.15, 0.2) is 0 Å². The molecular weight excluding hydrogens is 248 g/mol. The van der Waals surface area contributed by atoms with E-state index in [0.717, 1.165) is 42.7 Å². The molecule has 0 aliphatic rings. The number of anilines is 2. The van der Waals surface area contributed by atoms with Gasteiger partial charge in [0.1, 0.15) is 17.5 Å². The van der Waals surface area contributed by atoms with E-state index >= 15 is 0 Å². The van der Waals surface area contributed by atoms with E-state index in [0.29, 0.717) is 11.8 Å². The van der Waals surface area contributed by atoms with E-state index in [-0.39, 0.29) is 0 Å². The summed E-state index contributed by atoms with van der Waals surface area (Å²) in [5.74, 6) is 4.11. The Morgan fingerprint density at radius 3 is 2.00 bits per heavy atom. The fraction of sp³-hybridized carbons (Fsp3) is 0.750. The molecule has 1 aromatic heterocycles. The molecule has 0 atom stereocenters. The largest absolute Gasteiger partial charge is 0.370 e. The van der Waals surface area contributed by atoms with Gasteiger partial charge in [-0.3, -0.25) is 0 Å². The molecule has 0 saturated carbocycles. The molecule has 0 bridgehead atoms. The van der Waals surface area contributed by atoms with Gasteiger partial charge in [0.15, 0.2) is 0 Å². The summed E-state index contributed by atoms with van der Waals surface area (Å²) in [5, 5.41) is 3.34. The minimum absolute atomic E-state index is 0.617. The molecule has 0 spiro atoms. The van der Waals surface area contributed by atoms with E-state index in [1.807, 2.05) is 6.92 Å². The van der Waals surface area contributed by atoms with Gasteiger partial charge in [-0.15, -0.1) is 0 Å². The highest BCUT2D eigenvalue weighted by Crippen LogP contribution is 2.25. The number of hydrogen-bond donors (Lipinski definition) is 1. The van der Waals surface area contributed by atoms with Gasteiger partial charge in [0.05, 0.1) is 0 Å². The number of hydrogen-bond acceptors (Lipinski definition) is 4. The predicted octanol–water partition coefficient (Wildman–Crippen LogP) is 3.64. The minimum Gasteiger partial charge on any atom is -0.370 e. The molecule has 0 unspecified atom stereocenters. The molecule has 4 heteroatoms. The maximum Gasteiger partial charge on any atom is 0.137 e. The van der Waals surface area contributed by atoms with Crippen LogP contribution in [0.1, 0.15) is 46.0 Å². The van der Waals surface area contributed by atoms with Gasteiger partial charge in [-0.2, -0.15) is 0 Å². The summed E-state index contributed by atoms with van der Waals surface area (Å²) in [7, 11) is 0. The third-order valence-corrected chi connectivity index (χ3v) is 3.05. The van der Waals surface area contributed by atoms with Crippen molar-refractivity contribution in [3.63, 3.8) is 0 Å². The van der Waals surface area contributed by atoms with Gasteiger partial charge in [-0.1, -0.05) is 27.7 Å². The SMILES string of the molecule is CCNc1nc(C)nc(N(CC(C)C)CC(C)C)c1C. The van der Waals surface area contributed by atoms with Crippen molar-refractivity contribution in [2.45, 2.75) is 48.5 Å². The summed E-state index contributed by atoms with van der Waals surface area (Å²) in [5.41, 5.74) is 1.15. The van der Waals surface area contributed by atoms with Crippen molar-refractivity contribution in [1.29, 1.82) is 0 Å². The zero-order valence-electron chi connectivity index (χ0n) is 14.1. The van der Waals surface area contributed by atoms with Crippen LogP contribution in [0.4, 0.5) is 11.6 Å². The van der Waals surface area contributed by atoms with Crippen molar-refractivity contribution in [1.82, 2.24) is 9.97 Å². The number of rotatable bonds is 7. The van der Waals surface area contributed by atoms with E-state index in [4.69, 9.17) is 4.98 Å². The summed E-state index contributed by atoms with van der Waals surface area (Å²) in [6.45, 7) is 18.1. The highest BCUT2D eigenvalue weighted by Gasteiger charge is 2.17. The van der Waals surface area contributed by atoms with Crippen LogP contribution in [0.25, 0.3) is 0 Å². The van der Waals surface area contributed by atoms with Crippen molar-refractivity contribution < 1.29 is 0 Å². The highest BCUT2D eigenvalue weighted by molar-refractivity contribution is 5.58. The van der Waals surface area contributed by atoms with E-state index < -0.39 is 0 Å². The molecule has 4 nitrogen and oxygen atoms in total. The number of nitrogens with one attached hydrogen (secondary N) is 1. The van der Waals surface area contributed by atoms with Gasteiger partial charge < -0.3 is 10.2 Å². The Morgan fingerprint density at radius 2 is 1.55 bits per heavy atom. The average Bonchev–Trinajstić information content (AvgIpc) is 2.31. The first-order chi connectivity index (χ1) is 9.35. The smallest absolute Gasteiger partial charge is 0.137 e. The standard InChI is InChI=1S/C16H30N4/c1-8-17-15-13(6)16(19-14(7)18-15)20(9-11(2)3)10-12(4)5/h11-12H,8-10H2,1-7H3,(H,17,18,19). The second kappa shape index (κ2) is 7.46. The number of aryl methyl sites for hydroxylation is 1. The summed E-state index contributed by atoms with van der Waals surface area (Å²) < 4.78 is 0. The molecule has 1 heterocycles. The monoisotopic (exact) mass is 278 g/mol. The van der Waals surface area contributed by atoms with Gasteiger partial charge in [-0.05, 0) is 32.6 Å². The fourth-order valence-electron chi connectivity index (χ4n) is 2.39. The molecule has 1 rings (SSSR count). The third-order valence-electron chi connectivity index (χ3n) is 3.05. The topological polar surface area (TPSA) is 41.1 Å². The Hall–Kier alpha value is -1.32. The Bertz CT molecular complexity index is 417. The van der Waals surface area contributed by atoms with Gasteiger partial charge in [-0.25, -0.2) is 9.97 Å². The lowest BCUT2D eigenvalue weighted by Crippen LogP contribution is -2.33. The maximum atomic E-state index is 4.70. The zero-order chi connectivity index (χ0) is 15.3. The molecule has 0 aliphatic carbocycles. The lowest BCUT2D eigenvalue weighted by atomic mass is 10.1. The van der Waals surface area contributed by atoms with Gasteiger partial charge in [0.2, 0.25) is 0 Å². The molecule has 114 valence electrons. The van der Waals surface area contributed by atoms with Crippen LogP contribution in [0.2, 0.25) is 0 Å². The molecule has 1 aromatic rings. The van der Waals surface area contributed by atoms with Crippen LogP contribution in [-0.4, -0.2) is 29.6 Å². The fourth-order valence-corrected chi connectivity index (χ4v) is 2.39. The summed E-state index contributed by atoms with van der Waals surface area (Å²) in [6.07, 6.45) is 0. The molecule has 0 amide bonds. The van der Waals surface area contributed by atoms with Crippen LogP contribution in [-0.2, 0) is 0 Å². The Kier molecular flexibility index (Phi) is 6.24. The molecule has 0 saturated heterocycles. The second-order valence-electron chi connectivity index (χ2n) is 6.29. The van der Waals surface area contributed by atoms with Crippen molar-refractivity contribution in [2.24, 2.45) is 11.8 Å². The number of nitrogens with zero attached hydrogens (tertiary/aromatic N) is 3. The lowest BCUT2D eigenvalue weighted by Gasteiger charge is -2.29. The van der Waals surface area contributed by atoms with Crippen LogP contribution in [0, 0.1) is 25.7 Å². The number of aromatic nitrogens is 2. The molecule has 20 heavy (non-hydrogen) atoms. The predicted molar refractivity (Wildman–Crippen MR) is 87.6 cm³/mol. The lowest BCUT2D eigenvalue weighted by molar-refractivity contribution is 0.547. The summed E-state index contributed by atoms with van der Waals surface area (Å²) >= 11 is 0. The van der Waals surface area contributed by atoms with E-state index in [2.05, 4.69) is 56.7 Å². The molecule has 1 N–H and O–H groups in total. The Morgan fingerprint density at radius 1 is 1.00 bits per heavy atom. The molecular formula is C16H30N4. The third kappa shape index (κ3) is 4.66. The van der Waals surface area contributed by atoms with Gasteiger partial charge >= 0.3 is 0 Å². The Labute approximate surface area is 124 Å². The van der Waals surface area contributed by atoms with Crippen molar-refractivity contribution in [3.8, 4) is 0 Å². The average molecular weight is 278 g/mol. The first kappa shape index (κ1) is 16.7. The summed E-state index contributed by atoms with van der Waals surface area (Å²) in [4.78, 5) is 11.6. The normalized spacial score (nSPS) is 11.2. The van der Waals surface area contributed by atoms with Crippen LogP contribution in [0.5, 0.6) is 0 Å². The first-order valence-corrected chi connectivity index (χ1v) is 7.69. The minimum atomic E-state index is 0.617. The Balaban J connectivity index is 3.16. The van der Waals surface area contributed by atoms with E-state index in [1.165, 1.54) is 0 Å². The molecule has 0 aliphatic heterocycles. The summed E-state index contributed by atoms with van der Waals surface area (Å²) in [6, 6.07) is 0. The van der Waals surface area contributed by atoms with E-state index in [9.17, 15) is 0 Å². The van der Waals surface area contributed by atoms with Gasteiger partial charge in [0, 0.05) is 25.2 Å². The first-order valence-electron chi connectivity index (χ1n) is 7.69. The maximum absolute atomic E-state index is 4.70. The van der Waals surface area contributed by atoms with Gasteiger partial charge in [0.25, 0.3) is 0 Å². The van der Waals surface area contributed by atoms with Crippen molar-refractivity contribution in [2.75, 3.05) is 29.9 Å². The van der Waals surface area contributed by atoms with Crippen LogP contribution < -0.4 is 10.2 Å². The second-order valence-corrected chi connectivity index (χ2v) is 6.29. The zero-order valence-corrected chi connectivity index (χ0v) is 14.1.